The number of aromatic nitrogens is 3. The van der Waals surface area contributed by atoms with Gasteiger partial charge >= 0.3 is 6.18 Å². The number of hydrogen-bond acceptors (Lipinski definition) is 8. The Morgan fingerprint density at radius 1 is 1.21 bits per heavy atom. The highest BCUT2D eigenvalue weighted by Gasteiger charge is 2.61. The fourth-order valence-electron chi connectivity index (χ4n) is 7.09. The van der Waals surface area contributed by atoms with Gasteiger partial charge in [0.2, 0.25) is 5.91 Å². The summed E-state index contributed by atoms with van der Waals surface area (Å²) in [5.41, 5.74) is 11.2. The second-order valence-corrected chi connectivity index (χ2v) is 12.7. The Kier molecular flexibility index (Phi) is 7.33. The molecule has 10 nitrogen and oxygen atoms in total. The number of amides is 1. The van der Waals surface area contributed by atoms with Crippen LogP contribution in [0.3, 0.4) is 0 Å². The molecule has 1 aliphatic heterocycles. The molecule has 232 valence electrons. The monoisotopic (exact) mass is 601 g/mol. The maximum atomic E-state index is 12.9. The first-order valence-corrected chi connectivity index (χ1v) is 14.7. The quantitative estimate of drug-likeness (QED) is 0.309. The maximum absolute atomic E-state index is 12.9. The summed E-state index contributed by atoms with van der Waals surface area (Å²) in [6, 6.07) is 5.29. The summed E-state index contributed by atoms with van der Waals surface area (Å²) in [6.45, 7) is 4.75. The predicted octanol–water partition coefficient (Wildman–Crippen LogP) is 4.96. The molecule has 43 heavy (non-hydrogen) atoms. The minimum atomic E-state index is -4.48. The van der Waals surface area contributed by atoms with Crippen molar-refractivity contribution in [2.24, 2.45) is 11.8 Å². The molecule has 0 bridgehead atoms. The standard InChI is InChI=1S/C30H38F3N7O3/c1-28(2)42-25-18(8-10-29(25,43-28)40-11-9-21-26(35)36-16-37-27(21)40)15-39(3)20-12-17(13-20)4-7-24(41)38-23-6-5-19(14-22(23)34)30(31,32)33/h5-6,9,11,14,16-18,20,25H,4,7-8,10,12-13,15,34H2,1-3H3,(H,38,41)(H2,35,36,37). The van der Waals surface area contributed by atoms with Gasteiger partial charge in [0.1, 0.15) is 23.9 Å². The molecule has 2 aliphatic carbocycles. The molecule has 1 saturated heterocycles. The fraction of sp³-hybridized carbons (Fsp3) is 0.567. The van der Waals surface area contributed by atoms with Gasteiger partial charge in [0.25, 0.3) is 0 Å². The van der Waals surface area contributed by atoms with Crippen molar-refractivity contribution in [3.8, 4) is 0 Å². The van der Waals surface area contributed by atoms with Gasteiger partial charge in [-0.05, 0) is 83.2 Å². The molecular weight excluding hydrogens is 563 g/mol. The summed E-state index contributed by atoms with van der Waals surface area (Å²) in [5, 5.41) is 3.44. The van der Waals surface area contributed by atoms with E-state index in [1.165, 1.54) is 12.4 Å². The molecule has 0 radical (unpaired) electrons. The lowest BCUT2D eigenvalue weighted by Gasteiger charge is -2.43. The van der Waals surface area contributed by atoms with Crippen LogP contribution >= 0.6 is 0 Å². The smallest absolute Gasteiger partial charge is 0.397 e. The number of halogens is 3. The number of alkyl halides is 3. The van der Waals surface area contributed by atoms with E-state index in [2.05, 4.69) is 31.8 Å². The summed E-state index contributed by atoms with van der Waals surface area (Å²) in [5.74, 6) is 0.0974. The zero-order valence-electron chi connectivity index (χ0n) is 24.5. The van der Waals surface area contributed by atoms with Crippen LogP contribution in [-0.4, -0.2) is 56.9 Å². The van der Waals surface area contributed by atoms with Crippen LogP contribution in [0, 0.1) is 11.8 Å². The van der Waals surface area contributed by atoms with E-state index in [1.807, 2.05) is 26.1 Å². The Morgan fingerprint density at radius 2 is 1.98 bits per heavy atom. The minimum Gasteiger partial charge on any atom is -0.397 e. The number of carbonyl (C=O) groups excluding carboxylic acids is 1. The number of ether oxygens (including phenoxy) is 2. The van der Waals surface area contributed by atoms with Gasteiger partial charge in [0.05, 0.1) is 22.3 Å². The molecule has 0 spiro atoms. The second-order valence-electron chi connectivity index (χ2n) is 12.7. The predicted molar refractivity (Wildman–Crippen MR) is 156 cm³/mol. The average molecular weight is 602 g/mol. The van der Waals surface area contributed by atoms with Crippen molar-refractivity contribution in [1.82, 2.24) is 19.4 Å². The van der Waals surface area contributed by atoms with Gasteiger partial charge in [-0.25, -0.2) is 9.97 Å². The summed E-state index contributed by atoms with van der Waals surface area (Å²) < 4.78 is 53.9. The van der Waals surface area contributed by atoms with E-state index in [4.69, 9.17) is 20.9 Å². The van der Waals surface area contributed by atoms with Crippen LogP contribution in [0.2, 0.25) is 0 Å². The summed E-state index contributed by atoms with van der Waals surface area (Å²) in [6.07, 6.45) is 3.49. The number of nitrogens with two attached hydrogens (primary N) is 2. The topological polar surface area (TPSA) is 134 Å². The molecule has 6 rings (SSSR count). The zero-order chi connectivity index (χ0) is 30.7. The van der Waals surface area contributed by atoms with Crippen molar-refractivity contribution in [2.45, 2.75) is 82.2 Å². The highest BCUT2D eigenvalue weighted by atomic mass is 19.4. The van der Waals surface area contributed by atoms with Gasteiger partial charge in [0, 0.05) is 31.1 Å². The molecule has 13 heteroatoms. The van der Waals surface area contributed by atoms with Crippen LogP contribution in [0.4, 0.5) is 30.4 Å². The number of rotatable bonds is 8. The van der Waals surface area contributed by atoms with E-state index in [-0.39, 0.29) is 35.7 Å². The minimum absolute atomic E-state index is 0.105. The lowest BCUT2D eigenvalue weighted by atomic mass is 9.76. The molecule has 3 unspecified atom stereocenters. The van der Waals surface area contributed by atoms with E-state index < -0.39 is 23.3 Å². The maximum Gasteiger partial charge on any atom is 0.416 e. The van der Waals surface area contributed by atoms with Crippen LogP contribution in [0.5, 0.6) is 0 Å². The van der Waals surface area contributed by atoms with Crippen LogP contribution in [0.15, 0.2) is 36.8 Å². The lowest BCUT2D eigenvalue weighted by Crippen LogP contribution is -2.47. The number of anilines is 3. The normalized spacial score (nSPS) is 28.3. The van der Waals surface area contributed by atoms with E-state index in [1.54, 1.807) is 0 Å². The summed E-state index contributed by atoms with van der Waals surface area (Å²) >= 11 is 0. The Morgan fingerprint density at radius 3 is 2.70 bits per heavy atom. The summed E-state index contributed by atoms with van der Waals surface area (Å²) in [4.78, 5) is 23.5. The molecule has 2 saturated carbocycles. The van der Waals surface area contributed by atoms with Crippen molar-refractivity contribution in [2.75, 3.05) is 30.4 Å². The Balaban J connectivity index is 1.02. The van der Waals surface area contributed by atoms with E-state index in [9.17, 15) is 18.0 Å². The number of fused-ring (bicyclic) bond motifs is 2. The fourth-order valence-corrected chi connectivity index (χ4v) is 7.09. The molecule has 3 fully saturated rings. The van der Waals surface area contributed by atoms with Gasteiger partial charge in [-0.1, -0.05) is 0 Å². The molecule has 3 aromatic rings. The van der Waals surface area contributed by atoms with E-state index >= 15 is 0 Å². The number of nitrogen functional groups attached to an aromatic ring is 2. The number of benzene rings is 1. The van der Waals surface area contributed by atoms with Gasteiger partial charge in [-0.2, -0.15) is 13.2 Å². The van der Waals surface area contributed by atoms with Crippen molar-refractivity contribution in [3.05, 3.63) is 42.4 Å². The van der Waals surface area contributed by atoms with Crippen LogP contribution in [0.1, 0.15) is 57.9 Å². The molecule has 2 aromatic heterocycles. The molecule has 3 atom stereocenters. The number of carbonyl (C=O) groups is 1. The lowest BCUT2D eigenvalue weighted by molar-refractivity contribution is -0.187. The first-order chi connectivity index (χ1) is 20.3. The number of nitrogens with zero attached hydrogens (tertiary/aromatic N) is 4. The van der Waals surface area contributed by atoms with Crippen LogP contribution in [0.25, 0.3) is 11.0 Å². The number of nitrogens with one attached hydrogen (secondary N) is 1. The first-order valence-electron chi connectivity index (χ1n) is 14.7. The van der Waals surface area contributed by atoms with Crippen molar-refractivity contribution >= 4 is 34.1 Å². The third-order valence-electron chi connectivity index (χ3n) is 9.29. The van der Waals surface area contributed by atoms with Gasteiger partial charge in [0.15, 0.2) is 11.5 Å². The third-order valence-corrected chi connectivity index (χ3v) is 9.29. The highest BCUT2D eigenvalue weighted by molar-refractivity contribution is 5.93. The number of hydrogen-bond donors (Lipinski definition) is 3. The summed E-state index contributed by atoms with van der Waals surface area (Å²) in [7, 11) is 2.14. The largest absolute Gasteiger partial charge is 0.416 e. The van der Waals surface area contributed by atoms with Gasteiger partial charge < -0.3 is 35.7 Å². The Hall–Kier alpha value is -3.42. The van der Waals surface area contributed by atoms with Gasteiger partial charge in [-0.15, -0.1) is 0 Å². The molecule has 3 heterocycles. The van der Waals surface area contributed by atoms with Crippen molar-refractivity contribution in [3.63, 3.8) is 0 Å². The Bertz CT molecular complexity index is 1520. The third kappa shape index (κ3) is 5.53. The Labute approximate surface area is 247 Å². The van der Waals surface area contributed by atoms with Gasteiger partial charge in [-0.3, -0.25) is 4.79 Å². The zero-order valence-corrected chi connectivity index (χ0v) is 24.5. The molecule has 3 aliphatic rings. The molecule has 5 N–H and O–H groups in total. The highest BCUT2D eigenvalue weighted by Crippen LogP contribution is 2.53. The van der Waals surface area contributed by atoms with E-state index in [0.29, 0.717) is 24.2 Å². The first kappa shape index (κ1) is 29.6. The average Bonchev–Trinajstić information content (AvgIpc) is 3.55. The molecule has 1 aromatic carbocycles. The van der Waals surface area contributed by atoms with Crippen molar-refractivity contribution < 1.29 is 27.4 Å². The molecular formula is C30H38F3N7O3. The van der Waals surface area contributed by atoms with Crippen LogP contribution in [-0.2, 0) is 26.2 Å². The molecule has 1 amide bonds. The van der Waals surface area contributed by atoms with Crippen LogP contribution < -0.4 is 16.8 Å². The van der Waals surface area contributed by atoms with Crippen molar-refractivity contribution in [1.29, 1.82) is 0 Å². The SMILES string of the molecule is CN(CC1CCC2(n3ccc4c(N)ncnc43)OC(C)(C)OC12)C1CC(CCC(=O)Nc2ccc(C(F)(F)F)cc2N)C1. The van der Waals surface area contributed by atoms with E-state index in [0.717, 1.165) is 55.4 Å². The second kappa shape index (κ2) is 10.6.